The van der Waals surface area contributed by atoms with Crippen LogP contribution in [0, 0.1) is 17.1 Å². The van der Waals surface area contributed by atoms with Gasteiger partial charge in [0.15, 0.2) is 11.6 Å². The molecule has 0 fully saturated rings. The molecular weight excluding hydrogens is 434 g/mol. The van der Waals surface area contributed by atoms with Gasteiger partial charge in [-0.05, 0) is 46.2 Å². The van der Waals surface area contributed by atoms with Crippen LogP contribution in [0.5, 0.6) is 5.75 Å². The molecule has 33 heavy (non-hydrogen) atoms. The standard InChI is InChI=1S/C7H6BNO2.C7H9BO3.C6H6BFO3/c9-5-6-1-3-7(4-2-6)8(10)11;9-5-6-3-1-2-4-7(6)8(10)11;8-5-3-4(7(10)11)1-2-6(5)9/h1-4,10-11H;1-4,9-11H,5H2;1-3,9-11H. The third-order valence-electron chi connectivity index (χ3n) is 4.11. The van der Waals surface area contributed by atoms with Gasteiger partial charge in [-0.25, -0.2) is 4.39 Å². The number of hydrogen-bond acceptors (Lipinski definition) is 9. The van der Waals surface area contributed by atoms with Crippen molar-refractivity contribution in [3.8, 4) is 11.8 Å². The maximum atomic E-state index is 12.5. The van der Waals surface area contributed by atoms with Crippen LogP contribution in [0.15, 0.2) is 66.7 Å². The summed E-state index contributed by atoms with van der Waals surface area (Å²) in [5.74, 6) is -1.37. The van der Waals surface area contributed by atoms with Gasteiger partial charge in [-0.15, -0.1) is 0 Å². The topological polar surface area (TPSA) is 186 Å². The lowest BCUT2D eigenvalue weighted by Gasteiger charge is -2.03. The van der Waals surface area contributed by atoms with Crippen molar-refractivity contribution in [3.63, 3.8) is 0 Å². The highest BCUT2D eigenvalue weighted by Gasteiger charge is 2.14. The predicted octanol–water partition coefficient (Wildman–Crippen LogP) is -2.69. The summed E-state index contributed by atoms with van der Waals surface area (Å²) < 4.78 is 12.5. The van der Waals surface area contributed by atoms with Gasteiger partial charge < -0.3 is 40.4 Å². The van der Waals surface area contributed by atoms with E-state index in [1.807, 2.05) is 6.07 Å². The zero-order valence-corrected chi connectivity index (χ0v) is 17.2. The van der Waals surface area contributed by atoms with Crippen LogP contribution in [0.2, 0.25) is 0 Å². The number of nitrogens with zero attached hydrogens (tertiary/aromatic N) is 1. The van der Waals surface area contributed by atoms with Gasteiger partial charge in [-0.3, -0.25) is 0 Å². The van der Waals surface area contributed by atoms with E-state index in [0.717, 1.165) is 12.1 Å². The first-order valence-electron chi connectivity index (χ1n) is 9.36. The minimum Gasteiger partial charge on any atom is -0.505 e. The van der Waals surface area contributed by atoms with E-state index in [1.54, 1.807) is 24.3 Å². The van der Waals surface area contributed by atoms with Gasteiger partial charge >= 0.3 is 21.4 Å². The molecule has 170 valence electrons. The summed E-state index contributed by atoms with van der Waals surface area (Å²) in [5.41, 5.74) is 1.82. The summed E-state index contributed by atoms with van der Waals surface area (Å²) in [7, 11) is -4.66. The summed E-state index contributed by atoms with van der Waals surface area (Å²) in [6, 6.07) is 17.8. The molecule has 0 bridgehead atoms. The third-order valence-corrected chi connectivity index (χ3v) is 4.11. The van der Waals surface area contributed by atoms with Gasteiger partial charge in [0.25, 0.3) is 0 Å². The van der Waals surface area contributed by atoms with E-state index in [9.17, 15) is 4.39 Å². The Morgan fingerprint density at radius 2 is 1.30 bits per heavy atom. The Labute approximate surface area is 190 Å². The van der Waals surface area contributed by atoms with E-state index >= 15 is 0 Å². The third kappa shape index (κ3) is 9.44. The van der Waals surface area contributed by atoms with Crippen molar-refractivity contribution < 1.29 is 44.7 Å². The van der Waals surface area contributed by atoms with E-state index in [-0.39, 0.29) is 12.1 Å². The largest absolute Gasteiger partial charge is 0.505 e. The van der Waals surface area contributed by atoms with Gasteiger partial charge in [-0.2, -0.15) is 5.26 Å². The molecule has 3 aromatic carbocycles. The Bertz CT molecular complexity index is 1050. The first-order chi connectivity index (χ1) is 15.6. The second-order valence-electron chi connectivity index (χ2n) is 6.42. The Kier molecular flexibility index (Phi) is 11.8. The number of phenolic OH excluding ortho intramolecular Hbond substituents is 1. The van der Waals surface area contributed by atoms with Crippen molar-refractivity contribution in [1.82, 2.24) is 0 Å². The van der Waals surface area contributed by atoms with Gasteiger partial charge in [-0.1, -0.05) is 42.5 Å². The molecule has 0 aliphatic heterocycles. The molecule has 3 rings (SSSR count). The first kappa shape index (κ1) is 27.8. The lowest BCUT2D eigenvalue weighted by atomic mass is 9.77. The fourth-order valence-electron chi connectivity index (χ4n) is 2.34. The molecule has 13 heteroatoms. The Morgan fingerprint density at radius 1 is 0.758 bits per heavy atom. The van der Waals surface area contributed by atoms with Crippen molar-refractivity contribution in [1.29, 1.82) is 5.26 Å². The highest BCUT2D eigenvalue weighted by Crippen LogP contribution is 2.11. The molecule has 0 saturated heterocycles. The van der Waals surface area contributed by atoms with Crippen molar-refractivity contribution in [2.24, 2.45) is 0 Å². The minimum atomic E-state index is -1.70. The summed E-state index contributed by atoms with van der Waals surface area (Å²) >= 11 is 0. The zero-order valence-electron chi connectivity index (χ0n) is 17.2. The first-order valence-corrected chi connectivity index (χ1v) is 9.36. The lowest BCUT2D eigenvalue weighted by Crippen LogP contribution is -2.32. The number of benzene rings is 3. The minimum absolute atomic E-state index is 0.0142. The van der Waals surface area contributed by atoms with E-state index in [0.29, 0.717) is 22.1 Å². The van der Waals surface area contributed by atoms with Gasteiger partial charge in [0.1, 0.15) is 0 Å². The number of aromatic hydroxyl groups is 1. The van der Waals surface area contributed by atoms with Crippen molar-refractivity contribution in [3.05, 3.63) is 83.7 Å². The van der Waals surface area contributed by atoms with E-state index in [4.69, 9.17) is 45.6 Å². The van der Waals surface area contributed by atoms with E-state index < -0.39 is 32.9 Å². The molecule has 0 atom stereocenters. The highest BCUT2D eigenvalue weighted by molar-refractivity contribution is 6.59. The number of hydrogen-bond donors (Lipinski definition) is 8. The van der Waals surface area contributed by atoms with Crippen molar-refractivity contribution in [2.45, 2.75) is 6.61 Å². The molecule has 0 aliphatic rings. The normalized spacial score (nSPS) is 9.42. The second-order valence-corrected chi connectivity index (χ2v) is 6.42. The average molecular weight is 455 g/mol. The van der Waals surface area contributed by atoms with Gasteiger partial charge in [0, 0.05) is 0 Å². The Balaban J connectivity index is 0.000000247. The van der Waals surface area contributed by atoms with Gasteiger partial charge in [0.2, 0.25) is 0 Å². The van der Waals surface area contributed by atoms with Crippen LogP contribution in [0.3, 0.4) is 0 Å². The number of halogens is 1. The quantitative estimate of drug-likeness (QED) is 0.194. The molecule has 0 aromatic heterocycles. The summed E-state index contributed by atoms with van der Waals surface area (Å²) in [6.07, 6.45) is 0. The molecule has 0 unspecified atom stereocenters. The summed E-state index contributed by atoms with van der Waals surface area (Å²) in [4.78, 5) is 0. The van der Waals surface area contributed by atoms with Crippen LogP contribution in [0.4, 0.5) is 4.39 Å². The zero-order chi connectivity index (χ0) is 25.0. The highest BCUT2D eigenvalue weighted by atomic mass is 19.1. The molecule has 0 heterocycles. The summed E-state index contributed by atoms with van der Waals surface area (Å²) in [5, 5.41) is 77.8. The van der Waals surface area contributed by atoms with Crippen molar-refractivity contribution in [2.75, 3.05) is 0 Å². The van der Waals surface area contributed by atoms with Crippen molar-refractivity contribution >= 4 is 37.7 Å². The average Bonchev–Trinajstić information content (AvgIpc) is 2.81. The van der Waals surface area contributed by atoms with Crippen LogP contribution in [0.25, 0.3) is 0 Å². The number of nitriles is 1. The smallest absolute Gasteiger partial charge is 0.488 e. The fourth-order valence-corrected chi connectivity index (χ4v) is 2.34. The molecule has 0 radical (unpaired) electrons. The van der Waals surface area contributed by atoms with Crippen LogP contribution in [0.1, 0.15) is 11.1 Å². The SMILES string of the molecule is N#Cc1ccc(B(O)O)cc1.OB(O)c1ccc(O)c(F)c1.OCc1ccccc1B(O)O. The second kappa shape index (κ2) is 14.0. The van der Waals surface area contributed by atoms with E-state index in [1.165, 1.54) is 30.3 Å². The van der Waals surface area contributed by atoms with Crippen LogP contribution >= 0.6 is 0 Å². The molecular formula is C20H21B3FNO8. The van der Waals surface area contributed by atoms with Crippen LogP contribution in [-0.2, 0) is 6.61 Å². The lowest BCUT2D eigenvalue weighted by molar-refractivity contribution is 0.282. The fraction of sp³-hybridized carbons (Fsp3) is 0.0500. The number of rotatable bonds is 4. The Morgan fingerprint density at radius 3 is 1.73 bits per heavy atom. The molecule has 8 N–H and O–H groups in total. The molecule has 0 saturated carbocycles. The number of aliphatic hydroxyl groups excluding tert-OH is 1. The molecule has 3 aromatic rings. The number of aliphatic hydroxyl groups is 1. The van der Waals surface area contributed by atoms with Crippen LogP contribution < -0.4 is 16.4 Å². The molecule has 0 spiro atoms. The molecule has 0 aliphatic carbocycles. The van der Waals surface area contributed by atoms with Gasteiger partial charge in [0.05, 0.1) is 18.2 Å². The predicted molar refractivity (Wildman–Crippen MR) is 121 cm³/mol. The van der Waals surface area contributed by atoms with E-state index in [2.05, 4.69) is 0 Å². The molecule has 9 nitrogen and oxygen atoms in total. The number of phenols is 1. The Hall–Kier alpha value is -3.21. The monoisotopic (exact) mass is 455 g/mol. The molecule has 0 amide bonds. The maximum Gasteiger partial charge on any atom is 0.488 e. The van der Waals surface area contributed by atoms with Crippen LogP contribution in [-0.4, -0.2) is 61.7 Å². The maximum absolute atomic E-state index is 12.5. The summed E-state index contributed by atoms with van der Waals surface area (Å²) in [6.45, 7) is -0.173.